The molecule has 0 amide bonds. The first kappa shape index (κ1) is 12.2. The third-order valence-corrected chi connectivity index (χ3v) is 2.19. The number of rotatable bonds is 1. The molecule has 1 aromatic carbocycles. The van der Waals surface area contributed by atoms with E-state index < -0.39 is 17.9 Å². The van der Waals surface area contributed by atoms with Gasteiger partial charge in [0.1, 0.15) is 0 Å². The molecule has 94 valence electrons. The zero-order valence-corrected chi connectivity index (χ0v) is 8.73. The molecule has 7 heteroatoms. The Morgan fingerprint density at radius 1 is 1.22 bits per heavy atom. The van der Waals surface area contributed by atoms with E-state index in [-0.39, 0.29) is 11.4 Å². The number of pyridine rings is 1. The predicted octanol–water partition coefficient (Wildman–Crippen LogP) is 3.31. The first-order valence-corrected chi connectivity index (χ1v) is 4.75. The molecular weight excluding hydrogens is 251 g/mol. The number of nitrogens with zero attached hydrogens (tertiary/aromatic N) is 1. The standard InChI is InChI=1S/C11H6F3NO3/c12-11(13,14)7-3-1-6-2-4-9(18-10(16)17)15-8(6)5-7/h1-5H,(H,16,17). The Hall–Kier alpha value is -2.31. The summed E-state index contributed by atoms with van der Waals surface area (Å²) >= 11 is 0. The third kappa shape index (κ3) is 2.50. The van der Waals surface area contributed by atoms with Crippen LogP contribution in [0, 0.1) is 0 Å². The number of halogens is 3. The van der Waals surface area contributed by atoms with Gasteiger partial charge < -0.3 is 9.84 Å². The topological polar surface area (TPSA) is 59.4 Å². The zero-order valence-electron chi connectivity index (χ0n) is 8.73. The molecule has 2 aromatic rings. The number of aromatic nitrogens is 1. The molecule has 0 fully saturated rings. The van der Waals surface area contributed by atoms with Crippen LogP contribution in [-0.2, 0) is 6.18 Å². The summed E-state index contributed by atoms with van der Waals surface area (Å²) in [6.45, 7) is 0. The van der Waals surface area contributed by atoms with Crippen LogP contribution >= 0.6 is 0 Å². The highest BCUT2D eigenvalue weighted by molar-refractivity contribution is 5.80. The van der Waals surface area contributed by atoms with Gasteiger partial charge in [-0.3, -0.25) is 0 Å². The maximum absolute atomic E-state index is 12.5. The molecule has 0 aliphatic rings. The van der Waals surface area contributed by atoms with Gasteiger partial charge in [0, 0.05) is 11.5 Å². The van der Waals surface area contributed by atoms with Gasteiger partial charge in [0.2, 0.25) is 5.88 Å². The molecule has 0 aliphatic heterocycles. The summed E-state index contributed by atoms with van der Waals surface area (Å²) in [4.78, 5) is 14.0. The quantitative estimate of drug-likeness (QED) is 0.796. The molecule has 0 spiro atoms. The average Bonchev–Trinajstić information content (AvgIpc) is 2.26. The third-order valence-electron chi connectivity index (χ3n) is 2.19. The van der Waals surface area contributed by atoms with Crippen molar-refractivity contribution in [2.75, 3.05) is 0 Å². The minimum atomic E-state index is -4.47. The van der Waals surface area contributed by atoms with Crippen LogP contribution in [0.1, 0.15) is 5.56 Å². The predicted molar refractivity (Wildman–Crippen MR) is 55.4 cm³/mol. The highest BCUT2D eigenvalue weighted by Gasteiger charge is 2.30. The summed E-state index contributed by atoms with van der Waals surface area (Å²) in [5.74, 6) is -0.269. The Morgan fingerprint density at radius 2 is 1.89 bits per heavy atom. The zero-order chi connectivity index (χ0) is 13.3. The minimum Gasteiger partial charge on any atom is -0.449 e. The van der Waals surface area contributed by atoms with Gasteiger partial charge in [-0.05, 0) is 18.2 Å². The summed E-state index contributed by atoms with van der Waals surface area (Å²) in [5, 5.41) is 8.84. The molecule has 0 aliphatic carbocycles. The maximum atomic E-state index is 12.5. The van der Waals surface area contributed by atoms with Crippen LogP contribution in [0.25, 0.3) is 10.9 Å². The van der Waals surface area contributed by atoms with Crippen molar-refractivity contribution in [1.29, 1.82) is 0 Å². The molecule has 4 nitrogen and oxygen atoms in total. The van der Waals surface area contributed by atoms with Crippen LogP contribution < -0.4 is 4.74 Å². The van der Waals surface area contributed by atoms with Crippen LogP contribution in [0.5, 0.6) is 5.88 Å². The van der Waals surface area contributed by atoms with Crippen molar-refractivity contribution in [1.82, 2.24) is 4.98 Å². The summed E-state index contributed by atoms with van der Waals surface area (Å²) in [6, 6.07) is 5.73. The van der Waals surface area contributed by atoms with Crippen molar-refractivity contribution >= 4 is 17.1 Å². The second-order valence-corrected chi connectivity index (χ2v) is 3.42. The van der Waals surface area contributed by atoms with Crippen LogP contribution in [-0.4, -0.2) is 16.2 Å². The van der Waals surface area contributed by atoms with E-state index in [0.29, 0.717) is 5.39 Å². The molecule has 1 N–H and O–H groups in total. The van der Waals surface area contributed by atoms with Gasteiger partial charge >= 0.3 is 12.3 Å². The fourth-order valence-corrected chi connectivity index (χ4v) is 1.42. The molecule has 0 atom stereocenters. The van der Waals surface area contributed by atoms with Crippen molar-refractivity contribution in [2.24, 2.45) is 0 Å². The molecule has 1 aromatic heterocycles. The van der Waals surface area contributed by atoms with E-state index in [0.717, 1.165) is 12.1 Å². The summed E-state index contributed by atoms with van der Waals surface area (Å²) in [5.41, 5.74) is -0.835. The molecule has 0 unspecified atom stereocenters. The van der Waals surface area contributed by atoms with Crippen molar-refractivity contribution in [2.45, 2.75) is 6.18 Å². The highest BCUT2D eigenvalue weighted by Crippen LogP contribution is 2.31. The molecule has 0 radical (unpaired) electrons. The molecule has 1 heterocycles. The van der Waals surface area contributed by atoms with Gasteiger partial charge in [0.15, 0.2) is 0 Å². The lowest BCUT2D eigenvalue weighted by molar-refractivity contribution is -0.137. The average molecular weight is 257 g/mol. The number of carbonyl (C=O) groups is 1. The number of hydrogen-bond donors (Lipinski definition) is 1. The SMILES string of the molecule is O=C(O)Oc1ccc2ccc(C(F)(F)F)cc2n1. The lowest BCUT2D eigenvalue weighted by atomic mass is 10.1. The number of ether oxygens (including phenoxy) is 1. The lowest BCUT2D eigenvalue weighted by Gasteiger charge is -2.07. The van der Waals surface area contributed by atoms with Crippen molar-refractivity contribution in [3.63, 3.8) is 0 Å². The summed E-state index contributed by atoms with van der Waals surface area (Å²) < 4.78 is 41.7. The van der Waals surface area contributed by atoms with Gasteiger partial charge in [-0.2, -0.15) is 13.2 Å². The van der Waals surface area contributed by atoms with Crippen LogP contribution in [0.4, 0.5) is 18.0 Å². The summed E-state index contributed by atoms with van der Waals surface area (Å²) in [7, 11) is 0. The van der Waals surface area contributed by atoms with Crippen molar-refractivity contribution < 1.29 is 27.8 Å². The van der Waals surface area contributed by atoms with E-state index >= 15 is 0 Å². The Kier molecular flexibility index (Phi) is 2.82. The molecule has 2 rings (SSSR count). The largest absolute Gasteiger partial charge is 0.512 e. The fraction of sp³-hybridized carbons (Fsp3) is 0.0909. The molecule has 0 saturated heterocycles. The first-order chi connectivity index (χ1) is 8.36. The molecule has 0 bridgehead atoms. The first-order valence-electron chi connectivity index (χ1n) is 4.75. The Balaban J connectivity index is 2.50. The van der Waals surface area contributed by atoms with E-state index in [1.807, 2.05) is 0 Å². The van der Waals surface area contributed by atoms with E-state index in [9.17, 15) is 18.0 Å². The number of hydrogen-bond acceptors (Lipinski definition) is 3. The monoisotopic (exact) mass is 257 g/mol. The Morgan fingerprint density at radius 3 is 2.50 bits per heavy atom. The van der Waals surface area contributed by atoms with Gasteiger partial charge in [-0.25, -0.2) is 9.78 Å². The van der Waals surface area contributed by atoms with E-state index in [4.69, 9.17) is 5.11 Å². The van der Waals surface area contributed by atoms with E-state index in [2.05, 4.69) is 9.72 Å². The maximum Gasteiger partial charge on any atom is 0.512 e. The number of benzene rings is 1. The molecule has 0 saturated carbocycles. The van der Waals surface area contributed by atoms with Gasteiger partial charge in [0.05, 0.1) is 11.1 Å². The smallest absolute Gasteiger partial charge is 0.449 e. The van der Waals surface area contributed by atoms with E-state index in [1.54, 1.807) is 0 Å². The van der Waals surface area contributed by atoms with E-state index in [1.165, 1.54) is 18.2 Å². The fourth-order valence-electron chi connectivity index (χ4n) is 1.42. The van der Waals surface area contributed by atoms with Gasteiger partial charge in [-0.15, -0.1) is 0 Å². The second kappa shape index (κ2) is 4.17. The number of fused-ring (bicyclic) bond motifs is 1. The van der Waals surface area contributed by atoms with Gasteiger partial charge in [-0.1, -0.05) is 6.07 Å². The summed E-state index contributed by atoms with van der Waals surface area (Å²) in [6.07, 6.45) is -6.05. The van der Waals surface area contributed by atoms with Crippen molar-refractivity contribution in [3.8, 4) is 5.88 Å². The Labute approximate surface area is 98.6 Å². The normalized spacial score (nSPS) is 11.5. The van der Waals surface area contributed by atoms with Gasteiger partial charge in [0.25, 0.3) is 0 Å². The highest BCUT2D eigenvalue weighted by atomic mass is 19.4. The Bertz CT molecular complexity index is 610. The lowest BCUT2D eigenvalue weighted by Crippen LogP contribution is -2.06. The number of carboxylic acid groups (broad SMARTS) is 1. The van der Waals surface area contributed by atoms with Crippen LogP contribution in [0.3, 0.4) is 0 Å². The van der Waals surface area contributed by atoms with Crippen LogP contribution in [0.2, 0.25) is 0 Å². The second-order valence-electron chi connectivity index (χ2n) is 3.42. The minimum absolute atomic E-state index is 0.0172. The van der Waals surface area contributed by atoms with Crippen molar-refractivity contribution in [3.05, 3.63) is 35.9 Å². The van der Waals surface area contributed by atoms with Crippen LogP contribution in [0.15, 0.2) is 30.3 Å². The number of alkyl halides is 3. The molecular formula is C11H6F3NO3. The molecule has 18 heavy (non-hydrogen) atoms.